The molecule has 0 unspecified atom stereocenters. The fourth-order valence-corrected chi connectivity index (χ4v) is 2.95. The Bertz CT molecular complexity index is 724. The molecule has 0 radical (unpaired) electrons. The Morgan fingerprint density at radius 1 is 1.35 bits per heavy atom. The van der Waals surface area contributed by atoms with Crippen molar-refractivity contribution in [3.8, 4) is 0 Å². The second-order valence-electron chi connectivity index (χ2n) is 5.09. The van der Waals surface area contributed by atoms with E-state index in [9.17, 15) is 9.59 Å². The summed E-state index contributed by atoms with van der Waals surface area (Å²) in [4.78, 5) is 25.3. The summed E-state index contributed by atoms with van der Waals surface area (Å²) in [6.45, 7) is 0.355. The molecule has 1 fully saturated rings. The molecule has 3 rings (SSSR count). The molecule has 0 aliphatic heterocycles. The Labute approximate surface area is 123 Å². The standard InChI is InChI=1S/C13H15BrN4O2/c14-11-8-17(13(20)15-12(11)19)7-9-5-6-18(16-9)10-3-1-2-4-10/h5-6,8,10H,1-4,7H2,(H,15,19,20). The first-order valence-corrected chi connectivity index (χ1v) is 7.46. The molecule has 1 aliphatic carbocycles. The summed E-state index contributed by atoms with van der Waals surface area (Å²) >= 11 is 3.12. The van der Waals surface area contributed by atoms with Crippen molar-refractivity contribution in [2.45, 2.75) is 38.3 Å². The molecule has 0 atom stereocenters. The average molecular weight is 339 g/mol. The molecule has 2 aromatic heterocycles. The second kappa shape index (κ2) is 5.40. The molecule has 0 saturated heterocycles. The summed E-state index contributed by atoms with van der Waals surface area (Å²) in [6, 6.07) is 2.41. The number of aromatic nitrogens is 4. The topological polar surface area (TPSA) is 72.7 Å². The maximum atomic E-state index is 11.7. The smallest absolute Gasteiger partial charge is 0.293 e. The summed E-state index contributed by atoms with van der Waals surface area (Å²) in [6.07, 6.45) is 8.32. The van der Waals surface area contributed by atoms with Crippen LogP contribution in [-0.2, 0) is 6.54 Å². The third-order valence-electron chi connectivity index (χ3n) is 3.66. The van der Waals surface area contributed by atoms with Crippen molar-refractivity contribution in [3.05, 3.63) is 49.5 Å². The van der Waals surface area contributed by atoms with Gasteiger partial charge >= 0.3 is 5.69 Å². The van der Waals surface area contributed by atoms with E-state index in [0.29, 0.717) is 17.1 Å². The molecule has 7 heteroatoms. The zero-order chi connectivity index (χ0) is 14.1. The molecule has 0 amide bonds. The van der Waals surface area contributed by atoms with E-state index in [1.807, 2.05) is 16.9 Å². The van der Waals surface area contributed by atoms with Gasteiger partial charge < -0.3 is 0 Å². The molecule has 20 heavy (non-hydrogen) atoms. The molecule has 2 heterocycles. The Kier molecular flexibility index (Phi) is 3.60. The third-order valence-corrected chi connectivity index (χ3v) is 4.23. The molecular weight excluding hydrogens is 324 g/mol. The van der Waals surface area contributed by atoms with Gasteiger partial charge in [0.2, 0.25) is 0 Å². The summed E-state index contributed by atoms with van der Waals surface area (Å²) in [5.41, 5.74) is -0.0192. The van der Waals surface area contributed by atoms with Crippen molar-refractivity contribution in [3.63, 3.8) is 0 Å². The lowest BCUT2D eigenvalue weighted by Gasteiger charge is -2.09. The van der Waals surface area contributed by atoms with E-state index in [1.54, 1.807) is 0 Å². The van der Waals surface area contributed by atoms with E-state index < -0.39 is 11.2 Å². The molecule has 0 bridgehead atoms. The van der Waals surface area contributed by atoms with E-state index in [4.69, 9.17) is 0 Å². The average Bonchev–Trinajstić information content (AvgIpc) is 3.06. The predicted octanol–water partition coefficient (Wildman–Crippen LogP) is 1.66. The van der Waals surface area contributed by atoms with Gasteiger partial charge in [-0.05, 0) is 34.8 Å². The second-order valence-corrected chi connectivity index (χ2v) is 5.94. The van der Waals surface area contributed by atoms with Gasteiger partial charge in [0, 0.05) is 12.4 Å². The maximum absolute atomic E-state index is 11.7. The van der Waals surface area contributed by atoms with Gasteiger partial charge in [-0.2, -0.15) is 5.10 Å². The molecular formula is C13H15BrN4O2. The van der Waals surface area contributed by atoms with Crippen molar-refractivity contribution in [1.82, 2.24) is 19.3 Å². The van der Waals surface area contributed by atoms with Gasteiger partial charge in [-0.15, -0.1) is 0 Å². The molecule has 106 valence electrons. The number of aromatic amines is 1. The predicted molar refractivity (Wildman–Crippen MR) is 77.9 cm³/mol. The van der Waals surface area contributed by atoms with E-state index in [2.05, 4.69) is 26.0 Å². The summed E-state index contributed by atoms with van der Waals surface area (Å²) in [5.74, 6) is 0. The first kappa shape index (κ1) is 13.4. The van der Waals surface area contributed by atoms with E-state index in [-0.39, 0.29) is 0 Å². The maximum Gasteiger partial charge on any atom is 0.328 e. The first-order chi connectivity index (χ1) is 9.63. The monoisotopic (exact) mass is 338 g/mol. The lowest BCUT2D eigenvalue weighted by molar-refractivity contribution is 0.461. The Balaban J connectivity index is 1.83. The molecule has 0 aromatic carbocycles. The van der Waals surface area contributed by atoms with Crippen LogP contribution in [0.15, 0.2) is 32.5 Å². The summed E-state index contributed by atoms with van der Waals surface area (Å²) in [7, 11) is 0. The zero-order valence-corrected chi connectivity index (χ0v) is 12.5. The summed E-state index contributed by atoms with van der Waals surface area (Å²) < 4.78 is 3.77. The molecule has 1 saturated carbocycles. The van der Waals surface area contributed by atoms with Crippen molar-refractivity contribution in [2.75, 3.05) is 0 Å². The summed E-state index contributed by atoms with van der Waals surface area (Å²) in [5, 5.41) is 4.53. The minimum Gasteiger partial charge on any atom is -0.293 e. The lowest BCUT2D eigenvalue weighted by Crippen LogP contribution is -2.30. The van der Waals surface area contributed by atoms with E-state index >= 15 is 0 Å². The van der Waals surface area contributed by atoms with Crippen LogP contribution in [0.25, 0.3) is 0 Å². The number of hydrogen-bond acceptors (Lipinski definition) is 3. The Morgan fingerprint density at radius 3 is 2.85 bits per heavy atom. The van der Waals surface area contributed by atoms with Crippen LogP contribution in [0.1, 0.15) is 37.4 Å². The Morgan fingerprint density at radius 2 is 2.10 bits per heavy atom. The lowest BCUT2D eigenvalue weighted by atomic mass is 10.3. The number of rotatable bonds is 3. The van der Waals surface area contributed by atoms with Crippen LogP contribution in [-0.4, -0.2) is 19.3 Å². The van der Waals surface area contributed by atoms with Crippen molar-refractivity contribution < 1.29 is 0 Å². The molecule has 1 N–H and O–H groups in total. The van der Waals surface area contributed by atoms with Crippen LogP contribution in [0, 0.1) is 0 Å². The SMILES string of the molecule is O=c1[nH]c(=O)n(Cc2ccn(C3CCCC3)n2)cc1Br. The van der Waals surface area contributed by atoms with E-state index in [0.717, 1.165) is 5.69 Å². The van der Waals surface area contributed by atoms with Crippen LogP contribution in [0.5, 0.6) is 0 Å². The normalized spacial score (nSPS) is 15.8. The Hall–Kier alpha value is -1.63. The fraction of sp³-hybridized carbons (Fsp3) is 0.462. The number of H-pyrrole nitrogens is 1. The van der Waals surface area contributed by atoms with E-state index in [1.165, 1.54) is 36.4 Å². The quantitative estimate of drug-likeness (QED) is 0.924. The molecule has 2 aromatic rings. The van der Waals surface area contributed by atoms with Crippen LogP contribution >= 0.6 is 15.9 Å². The number of hydrogen-bond donors (Lipinski definition) is 1. The van der Waals surface area contributed by atoms with Crippen LogP contribution in [0.2, 0.25) is 0 Å². The van der Waals surface area contributed by atoms with Crippen LogP contribution in [0.4, 0.5) is 0 Å². The highest BCUT2D eigenvalue weighted by Gasteiger charge is 2.17. The molecule has 1 aliphatic rings. The van der Waals surface area contributed by atoms with Crippen molar-refractivity contribution >= 4 is 15.9 Å². The molecule has 0 spiro atoms. The number of halogens is 1. The van der Waals surface area contributed by atoms with Crippen LogP contribution in [0.3, 0.4) is 0 Å². The third kappa shape index (κ3) is 2.63. The van der Waals surface area contributed by atoms with Crippen LogP contribution < -0.4 is 11.2 Å². The van der Waals surface area contributed by atoms with Gasteiger partial charge in [-0.3, -0.25) is 19.0 Å². The van der Waals surface area contributed by atoms with Gasteiger partial charge in [-0.1, -0.05) is 12.8 Å². The highest BCUT2D eigenvalue weighted by Crippen LogP contribution is 2.28. The van der Waals surface area contributed by atoms with Gasteiger partial charge in [0.25, 0.3) is 5.56 Å². The fourth-order valence-electron chi connectivity index (χ4n) is 2.61. The van der Waals surface area contributed by atoms with Gasteiger partial charge in [-0.25, -0.2) is 4.79 Å². The van der Waals surface area contributed by atoms with Gasteiger partial charge in [0.15, 0.2) is 0 Å². The van der Waals surface area contributed by atoms with Crippen molar-refractivity contribution in [2.24, 2.45) is 0 Å². The number of nitrogens with zero attached hydrogens (tertiary/aromatic N) is 3. The number of nitrogens with one attached hydrogen (secondary N) is 1. The first-order valence-electron chi connectivity index (χ1n) is 6.67. The highest BCUT2D eigenvalue weighted by molar-refractivity contribution is 9.10. The van der Waals surface area contributed by atoms with Gasteiger partial charge in [0.05, 0.1) is 22.8 Å². The largest absolute Gasteiger partial charge is 0.328 e. The minimum absolute atomic E-state index is 0.340. The highest BCUT2D eigenvalue weighted by atomic mass is 79.9. The van der Waals surface area contributed by atoms with Crippen molar-refractivity contribution in [1.29, 1.82) is 0 Å². The van der Waals surface area contributed by atoms with Gasteiger partial charge in [0.1, 0.15) is 0 Å². The zero-order valence-electron chi connectivity index (χ0n) is 10.9. The molecule has 6 nitrogen and oxygen atoms in total. The minimum atomic E-state index is -0.423.